The molecule has 2 rings (SSSR count). The molecule has 0 spiro atoms. The maximum atomic E-state index is 9.29. The Labute approximate surface area is 122 Å². The number of ether oxygens (including phenoxy) is 1. The van der Waals surface area contributed by atoms with Gasteiger partial charge in [-0.1, -0.05) is 19.4 Å². The molecule has 3 nitrogen and oxygen atoms in total. The number of rotatable bonds is 5. The van der Waals surface area contributed by atoms with Crippen LogP contribution in [-0.2, 0) is 13.2 Å². The number of aliphatic hydroxyl groups is 1. The number of methoxy groups -OCH3 is 1. The van der Waals surface area contributed by atoms with Crippen molar-refractivity contribution in [3.8, 4) is 5.75 Å². The third-order valence-electron chi connectivity index (χ3n) is 4.44. The van der Waals surface area contributed by atoms with Gasteiger partial charge in [0.15, 0.2) is 0 Å². The molecule has 20 heavy (non-hydrogen) atoms. The van der Waals surface area contributed by atoms with Crippen LogP contribution in [0.15, 0.2) is 18.2 Å². The minimum absolute atomic E-state index is 0.0922. The van der Waals surface area contributed by atoms with E-state index in [1.165, 1.54) is 44.3 Å². The van der Waals surface area contributed by atoms with E-state index >= 15 is 0 Å². The van der Waals surface area contributed by atoms with Gasteiger partial charge >= 0.3 is 0 Å². The smallest absolute Gasteiger partial charge is 0.123 e. The van der Waals surface area contributed by atoms with E-state index in [4.69, 9.17) is 4.74 Å². The SMILES string of the molecule is CCC1CCCN(Cc2cc(CO)ccc2OC)CC1. The van der Waals surface area contributed by atoms with Crippen molar-refractivity contribution in [2.45, 2.75) is 45.8 Å². The molecule has 1 fully saturated rings. The first-order chi connectivity index (χ1) is 9.76. The molecule has 1 unspecified atom stereocenters. The highest BCUT2D eigenvalue weighted by Crippen LogP contribution is 2.25. The molecular formula is C17H27NO2. The van der Waals surface area contributed by atoms with Crippen LogP contribution >= 0.6 is 0 Å². The molecule has 1 saturated heterocycles. The molecule has 3 heteroatoms. The van der Waals surface area contributed by atoms with Crippen LogP contribution in [0.5, 0.6) is 5.75 Å². The lowest BCUT2D eigenvalue weighted by atomic mass is 9.98. The Hall–Kier alpha value is -1.06. The molecule has 0 amide bonds. The highest BCUT2D eigenvalue weighted by Gasteiger charge is 2.17. The second-order valence-corrected chi connectivity index (χ2v) is 5.79. The van der Waals surface area contributed by atoms with E-state index in [1.54, 1.807) is 7.11 Å². The standard InChI is InChI=1S/C17H27NO2/c1-3-14-5-4-9-18(10-8-14)12-16-11-15(13-19)6-7-17(16)20-2/h6-7,11,14,19H,3-5,8-10,12-13H2,1-2H3. The van der Waals surface area contributed by atoms with E-state index in [0.29, 0.717) is 0 Å². The average molecular weight is 277 g/mol. The fourth-order valence-electron chi connectivity index (χ4n) is 3.09. The van der Waals surface area contributed by atoms with Gasteiger partial charge in [0.2, 0.25) is 0 Å². The Morgan fingerprint density at radius 3 is 2.85 bits per heavy atom. The second-order valence-electron chi connectivity index (χ2n) is 5.79. The molecule has 0 bridgehead atoms. The number of hydrogen-bond donors (Lipinski definition) is 1. The van der Waals surface area contributed by atoms with Crippen LogP contribution in [0.4, 0.5) is 0 Å². The summed E-state index contributed by atoms with van der Waals surface area (Å²) in [7, 11) is 1.72. The lowest BCUT2D eigenvalue weighted by molar-refractivity contribution is 0.265. The number of hydrogen-bond acceptors (Lipinski definition) is 3. The lowest BCUT2D eigenvalue weighted by Crippen LogP contribution is -2.24. The third kappa shape index (κ3) is 3.97. The predicted octanol–water partition coefficient (Wildman–Crippen LogP) is 3.20. The molecule has 0 radical (unpaired) electrons. The van der Waals surface area contributed by atoms with E-state index < -0.39 is 0 Å². The van der Waals surface area contributed by atoms with Gasteiger partial charge in [-0.2, -0.15) is 0 Å². The van der Waals surface area contributed by atoms with Gasteiger partial charge in [-0.25, -0.2) is 0 Å². The summed E-state index contributed by atoms with van der Waals surface area (Å²) in [6.45, 7) is 5.66. The molecule has 1 aliphatic heterocycles. The number of aliphatic hydroxyl groups excluding tert-OH is 1. The van der Waals surface area contributed by atoms with Gasteiger partial charge in [-0.15, -0.1) is 0 Å². The summed E-state index contributed by atoms with van der Waals surface area (Å²) in [5.41, 5.74) is 2.15. The zero-order valence-electron chi connectivity index (χ0n) is 12.8. The van der Waals surface area contributed by atoms with E-state index in [1.807, 2.05) is 12.1 Å². The zero-order chi connectivity index (χ0) is 14.4. The summed E-state index contributed by atoms with van der Waals surface area (Å²) in [4.78, 5) is 2.52. The Morgan fingerprint density at radius 2 is 2.15 bits per heavy atom. The van der Waals surface area contributed by atoms with Gasteiger partial charge in [0.1, 0.15) is 5.75 Å². The average Bonchev–Trinajstić information content (AvgIpc) is 2.72. The van der Waals surface area contributed by atoms with Crippen molar-refractivity contribution < 1.29 is 9.84 Å². The van der Waals surface area contributed by atoms with Crippen LogP contribution in [0.2, 0.25) is 0 Å². The van der Waals surface area contributed by atoms with E-state index in [-0.39, 0.29) is 6.61 Å². The first-order valence-corrected chi connectivity index (χ1v) is 7.75. The monoisotopic (exact) mass is 277 g/mol. The molecule has 1 aromatic rings. The van der Waals surface area contributed by atoms with Crippen LogP contribution in [0, 0.1) is 5.92 Å². The van der Waals surface area contributed by atoms with Gasteiger partial charge in [-0.05, 0) is 56.0 Å². The first-order valence-electron chi connectivity index (χ1n) is 7.75. The molecule has 1 N–H and O–H groups in total. The topological polar surface area (TPSA) is 32.7 Å². The van der Waals surface area contributed by atoms with Crippen molar-refractivity contribution in [2.24, 2.45) is 5.92 Å². The molecule has 0 aliphatic carbocycles. The van der Waals surface area contributed by atoms with Crippen LogP contribution in [0.25, 0.3) is 0 Å². The summed E-state index contributed by atoms with van der Waals surface area (Å²) < 4.78 is 5.45. The van der Waals surface area contributed by atoms with Crippen LogP contribution in [0.3, 0.4) is 0 Å². The van der Waals surface area contributed by atoms with Crippen molar-refractivity contribution in [1.29, 1.82) is 0 Å². The predicted molar refractivity (Wildman–Crippen MR) is 81.8 cm³/mol. The van der Waals surface area contributed by atoms with Gasteiger partial charge in [0.05, 0.1) is 13.7 Å². The van der Waals surface area contributed by atoms with Gasteiger partial charge in [0.25, 0.3) is 0 Å². The quantitative estimate of drug-likeness (QED) is 0.897. The van der Waals surface area contributed by atoms with Gasteiger partial charge in [0, 0.05) is 12.1 Å². The first kappa shape index (κ1) is 15.3. The number of benzene rings is 1. The molecular weight excluding hydrogens is 250 g/mol. The molecule has 1 aliphatic rings. The van der Waals surface area contributed by atoms with Crippen molar-refractivity contribution in [1.82, 2.24) is 4.90 Å². The van der Waals surface area contributed by atoms with E-state index in [9.17, 15) is 5.11 Å². The van der Waals surface area contributed by atoms with E-state index in [0.717, 1.165) is 23.8 Å². The third-order valence-corrected chi connectivity index (χ3v) is 4.44. The summed E-state index contributed by atoms with van der Waals surface area (Å²) in [6, 6.07) is 5.96. The molecule has 0 aromatic heterocycles. The Morgan fingerprint density at radius 1 is 1.30 bits per heavy atom. The Kier molecular flexibility index (Phi) is 5.86. The number of nitrogens with zero attached hydrogens (tertiary/aromatic N) is 1. The highest BCUT2D eigenvalue weighted by atomic mass is 16.5. The molecule has 0 saturated carbocycles. The molecule has 1 heterocycles. The minimum atomic E-state index is 0.0922. The minimum Gasteiger partial charge on any atom is -0.496 e. The highest BCUT2D eigenvalue weighted by molar-refractivity contribution is 5.37. The number of likely N-dealkylation sites (tertiary alicyclic amines) is 1. The lowest BCUT2D eigenvalue weighted by Gasteiger charge is -2.22. The summed E-state index contributed by atoms with van der Waals surface area (Å²) >= 11 is 0. The molecule has 1 aromatic carbocycles. The van der Waals surface area contributed by atoms with Crippen LogP contribution in [0.1, 0.15) is 43.7 Å². The van der Waals surface area contributed by atoms with Crippen molar-refractivity contribution in [3.63, 3.8) is 0 Å². The maximum absolute atomic E-state index is 9.29. The van der Waals surface area contributed by atoms with Crippen molar-refractivity contribution in [2.75, 3.05) is 20.2 Å². The van der Waals surface area contributed by atoms with Crippen molar-refractivity contribution >= 4 is 0 Å². The Balaban J connectivity index is 2.04. The summed E-state index contributed by atoms with van der Waals surface area (Å²) in [5, 5.41) is 9.29. The van der Waals surface area contributed by atoms with Gasteiger partial charge < -0.3 is 9.84 Å². The largest absolute Gasteiger partial charge is 0.496 e. The normalized spacial score (nSPS) is 20.6. The molecule has 1 atom stereocenters. The zero-order valence-corrected chi connectivity index (χ0v) is 12.8. The maximum Gasteiger partial charge on any atom is 0.123 e. The molecule has 112 valence electrons. The van der Waals surface area contributed by atoms with Crippen molar-refractivity contribution in [3.05, 3.63) is 29.3 Å². The summed E-state index contributed by atoms with van der Waals surface area (Å²) in [6.07, 6.45) is 5.26. The van der Waals surface area contributed by atoms with Crippen LogP contribution in [-0.4, -0.2) is 30.2 Å². The summed E-state index contributed by atoms with van der Waals surface area (Å²) in [5.74, 6) is 1.82. The van der Waals surface area contributed by atoms with Crippen LogP contribution < -0.4 is 4.74 Å². The Bertz CT molecular complexity index is 419. The van der Waals surface area contributed by atoms with E-state index in [2.05, 4.69) is 17.9 Å². The fourth-order valence-corrected chi connectivity index (χ4v) is 3.09. The van der Waals surface area contributed by atoms with Gasteiger partial charge in [-0.3, -0.25) is 4.90 Å². The second kappa shape index (κ2) is 7.65. The fraction of sp³-hybridized carbons (Fsp3) is 0.647.